The van der Waals surface area contributed by atoms with Crippen LogP contribution in [0.4, 0.5) is 0 Å². The SMILES string of the molecule is CCCC(C)COCC(C)(O)CNC1CC1. The third kappa shape index (κ3) is 6.46. The minimum absolute atomic E-state index is 0.431. The Bertz CT molecular complexity index is 190. The van der Waals surface area contributed by atoms with Crippen LogP contribution in [0.25, 0.3) is 0 Å². The summed E-state index contributed by atoms with van der Waals surface area (Å²) in [6.45, 7) is 8.05. The van der Waals surface area contributed by atoms with Crippen molar-refractivity contribution < 1.29 is 9.84 Å². The maximum Gasteiger partial charge on any atom is 0.0975 e. The normalized spacial score (nSPS) is 21.8. The van der Waals surface area contributed by atoms with Crippen molar-refractivity contribution in [1.82, 2.24) is 5.32 Å². The zero-order valence-corrected chi connectivity index (χ0v) is 11.0. The summed E-state index contributed by atoms with van der Waals surface area (Å²) in [6.07, 6.45) is 4.90. The lowest BCUT2D eigenvalue weighted by Gasteiger charge is -2.24. The molecule has 0 aromatic rings. The summed E-state index contributed by atoms with van der Waals surface area (Å²) in [7, 11) is 0. The van der Waals surface area contributed by atoms with Crippen molar-refractivity contribution in [2.75, 3.05) is 19.8 Å². The molecule has 1 aliphatic rings. The van der Waals surface area contributed by atoms with E-state index in [-0.39, 0.29) is 0 Å². The van der Waals surface area contributed by atoms with Crippen LogP contribution in [0.2, 0.25) is 0 Å². The van der Waals surface area contributed by atoms with Gasteiger partial charge < -0.3 is 15.2 Å². The maximum atomic E-state index is 10.0. The molecule has 0 bridgehead atoms. The van der Waals surface area contributed by atoms with Gasteiger partial charge in [-0.2, -0.15) is 0 Å². The van der Waals surface area contributed by atoms with E-state index in [1.54, 1.807) is 0 Å². The van der Waals surface area contributed by atoms with Crippen LogP contribution < -0.4 is 5.32 Å². The fourth-order valence-corrected chi connectivity index (χ4v) is 1.76. The Morgan fingerprint density at radius 1 is 1.50 bits per heavy atom. The second-order valence-corrected chi connectivity index (χ2v) is 5.56. The molecule has 0 aromatic carbocycles. The van der Waals surface area contributed by atoms with Crippen molar-refractivity contribution in [2.24, 2.45) is 5.92 Å². The molecule has 1 fully saturated rings. The smallest absolute Gasteiger partial charge is 0.0975 e. The molecule has 3 nitrogen and oxygen atoms in total. The van der Waals surface area contributed by atoms with Gasteiger partial charge in [-0.3, -0.25) is 0 Å². The molecule has 96 valence electrons. The molecule has 1 saturated carbocycles. The molecule has 0 radical (unpaired) electrons. The standard InChI is InChI=1S/C13H27NO2/c1-4-5-11(2)8-16-10-13(3,15)9-14-12-6-7-12/h11-12,14-15H,4-10H2,1-3H3. The average Bonchev–Trinajstić information content (AvgIpc) is 2.98. The molecule has 0 heterocycles. The van der Waals surface area contributed by atoms with Crippen molar-refractivity contribution in [3.05, 3.63) is 0 Å². The summed E-state index contributed by atoms with van der Waals surface area (Å²) in [6, 6.07) is 0.644. The van der Waals surface area contributed by atoms with Gasteiger partial charge in [0, 0.05) is 19.2 Å². The van der Waals surface area contributed by atoms with E-state index in [9.17, 15) is 5.11 Å². The minimum Gasteiger partial charge on any atom is -0.386 e. The number of hydrogen-bond acceptors (Lipinski definition) is 3. The Balaban J connectivity index is 2.04. The first-order chi connectivity index (χ1) is 7.53. The van der Waals surface area contributed by atoms with Gasteiger partial charge in [0.25, 0.3) is 0 Å². The van der Waals surface area contributed by atoms with Gasteiger partial charge in [0.05, 0.1) is 12.2 Å². The van der Waals surface area contributed by atoms with Crippen LogP contribution in [-0.2, 0) is 4.74 Å². The van der Waals surface area contributed by atoms with Crippen molar-refractivity contribution >= 4 is 0 Å². The predicted octanol–water partition coefficient (Wildman–Crippen LogP) is 1.94. The molecule has 16 heavy (non-hydrogen) atoms. The molecule has 0 aliphatic heterocycles. The fraction of sp³-hybridized carbons (Fsp3) is 1.00. The van der Waals surface area contributed by atoms with Crippen LogP contribution >= 0.6 is 0 Å². The molecule has 0 saturated heterocycles. The molecule has 2 atom stereocenters. The maximum absolute atomic E-state index is 10.0. The predicted molar refractivity (Wildman–Crippen MR) is 66.5 cm³/mol. The largest absolute Gasteiger partial charge is 0.386 e. The number of hydrogen-bond donors (Lipinski definition) is 2. The fourth-order valence-electron chi connectivity index (χ4n) is 1.76. The first kappa shape index (κ1) is 13.9. The average molecular weight is 229 g/mol. The molecule has 1 rings (SSSR count). The number of rotatable bonds is 9. The Morgan fingerprint density at radius 3 is 2.75 bits per heavy atom. The second-order valence-electron chi connectivity index (χ2n) is 5.56. The lowest BCUT2D eigenvalue weighted by Crippen LogP contribution is -2.42. The highest BCUT2D eigenvalue weighted by atomic mass is 16.5. The van der Waals surface area contributed by atoms with Gasteiger partial charge in [0.1, 0.15) is 0 Å². The van der Waals surface area contributed by atoms with Gasteiger partial charge in [-0.15, -0.1) is 0 Å². The molecular weight excluding hydrogens is 202 g/mol. The molecule has 3 heteroatoms. The van der Waals surface area contributed by atoms with E-state index in [1.807, 2.05) is 6.92 Å². The van der Waals surface area contributed by atoms with Gasteiger partial charge in [0.15, 0.2) is 0 Å². The molecule has 0 aromatic heterocycles. The summed E-state index contributed by atoms with van der Waals surface area (Å²) in [4.78, 5) is 0. The Hall–Kier alpha value is -0.120. The Labute approximate surface area is 99.6 Å². The van der Waals surface area contributed by atoms with Crippen molar-refractivity contribution in [1.29, 1.82) is 0 Å². The summed E-state index contributed by atoms with van der Waals surface area (Å²) in [5.74, 6) is 0.595. The van der Waals surface area contributed by atoms with Crippen LogP contribution in [0.5, 0.6) is 0 Å². The van der Waals surface area contributed by atoms with E-state index >= 15 is 0 Å². The third-order valence-corrected chi connectivity index (χ3v) is 2.95. The van der Waals surface area contributed by atoms with Crippen LogP contribution in [0.3, 0.4) is 0 Å². The highest BCUT2D eigenvalue weighted by Crippen LogP contribution is 2.19. The summed E-state index contributed by atoms with van der Waals surface area (Å²) < 4.78 is 5.58. The molecule has 1 aliphatic carbocycles. The quantitative estimate of drug-likeness (QED) is 0.635. The lowest BCUT2D eigenvalue weighted by atomic mass is 10.1. The monoisotopic (exact) mass is 229 g/mol. The Kier molecular flexibility index (Phi) is 5.73. The van der Waals surface area contributed by atoms with Gasteiger partial charge in [-0.25, -0.2) is 0 Å². The third-order valence-electron chi connectivity index (χ3n) is 2.95. The van der Waals surface area contributed by atoms with Crippen LogP contribution in [0.15, 0.2) is 0 Å². The zero-order chi connectivity index (χ0) is 12.0. The second kappa shape index (κ2) is 6.58. The van der Waals surface area contributed by atoms with Gasteiger partial charge in [-0.05, 0) is 32.1 Å². The van der Waals surface area contributed by atoms with Crippen LogP contribution in [-0.4, -0.2) is 36.5 Å². The molecule has 0 amide bonds. The van der Waals surface area contributed by atoms with E-state index in [0.29, 0.717) is 25.1 Å². The zero-order valence-electron chi connectivity index (χ0n) is 11.0. The van der Waals surface area contributed by atoms with E-state index in [4.69, 9.17) is 4.74 Å². The van der Waals surface area contributed by atoms with E-state index in [2.05, 4.69) is 19.2 Å². The van der Waals surface area contributed by atoms with Gasteiger partial charge in [0.2, 0.25) is 0 Å². The first-order valence-electron chi connectivity index (χ1n) is 6.57. The minimum atomic E-state index is -0.728. The number of ether oxygens (including phenoxy) is 1. The highest BCUT2D eigenvalue weighted by molar-refractivity contribution is 4.85. The van der Waals surface area contributed by atoms with Crippen molar-refractivity contribution in [3.63, 3.8) is 0 Å². The Morgan fingerprint density at radius 2 is 2.19 bits per heavy atom. The summed E-state index contributed by atoms with van der Waals surface area (Å²) in [5.41, 5.74) is -0.728. The summed E-state index contributed by atoms with van der Waals surface area (Å²) >= 11 is 0. The topological polar surface area (TPSA) is 41.5 Å². The van der Waals surface area contributed by atoms with Gasteiger partial charge in [-0.1, -0.05) is 20.3 Å². The molecule has 2 unspecified atom stereocenters. The molecule has 0 spiro atoms. The van der Waals surface area contributed by atoms with Gasteiger partial charge >= 0.3 is 0 Å². The number of nitrogens with one attached hydrogen (secondary N) is 1. The lowest BCUT2D eigenvalue weighted by molar-refractivity contribution is -0.0404. The van der Waals surface area contributed by atoms with Crippen LogP contribution in [0.1, 0.15) is 46.5 Å². The van der Waals surface area contributed by atoms with E-state index < -0.39 is 5.60 Å². The first-order valence-corrected chi connectivity index (χ1v) is 6.57. The number of aliphatic hydroxyl groups is 1. The molecular formula is C13H27NO2. The van der Waals surface area contributed by atoms with Crippen LogP contribution in [0, 0.1) is 5.92 Å². The summed E-state index contributed by atoms with van der Waals surface area (Å²) in [5, 5.41) is 13.4. The molecule has 2 N–H and O–H groups in total. The highest BCUT2D eigenvalue weighted by Gasteiger charge is 2.26. The van der Waals surface area contributed by atoms with Crippen molar-refractivity contribution in [2.45, 2.75) is 58.1 Å². The van der Waals surface area contributed by atoms with Crippen molar-refractivity contribution in [3.8, 4) is 0 Å². The van der Waals surface area contributed by atoms with E-state index in [1.165, 1.54) is 25.7 Å². The van der Waals surface area contributed by atoms with E-state index in [0.717, 1.165) is 6.61 Å².